The molecule has 3 aromatic carbocycles. The zero-order chi connectivity index (χ0) is 25.3. The molecule has 0 saturated carbocycles. The second kappa shape index (κ2) is 9.56. The smallest absolute Gasteiger partial charge is 0.327 e. The normalized spacial score (nSPS) is 22.1. The van der Waals surface area contributed by atoms with Gasteiger partial charge in [0, 0.05) is 17.5 Å². The highest BCUT2D eigenvalue weighted by atomic mass is 35.5. The lowest BCUT2D eigenvalue weighted by Gasteiger charge is -2.26. The van der Waals surface area contributed by atoms with Crippen molar-refractivity contribution < 1.29 is 37.3 Å². The van der Waals surface area contributed by atoms with Crippen molar-refractivity contribution in [3.63, 3.8) is 0 Å². The molecule has 1 heterocycles. The topological polar surface area (TPSA) is 122 Å². The van der Waals surface area contributed by atoms with Gasteiger partial charge in [0.05, 0.1) is 16.5 Å². The van der Waals surface area contributed by atoms with Gasteiger partial charge in [-0.2, -0.15) is 4.72 Å². The van der Waals surface area contributed by atoms with E-state index in [4.69, 9.17) is 21.1 Å². The van der Waals surface area contributed by atoms with Gasteiger partial charge in [-0.05, 0) is 36.4 Å². The SMILES string of the molecule is O=C(O)C1(NS(=O)(=O)c2ccc(OCc3ccc(F)cc3Cl)cc2)COC(O)(c2ccccc2)C1. The van der Waals surface area contributed by atoms with E-state index in [0.29, 0.717) is 16.9 Å². The van der Waals surface area contributed by atoms with Crippen LogP contribution in [0.3, 0.4) is 0 Å². The average Bonchev–Trinajstić information content (AvgIpc) is 3.18. The van der Waals surface area contributed by atoms with E-state index in [-0.39, 0.29) is 16.5 Å². The van der Waals surface area contributed by atoms with E-state index in [1.54, 1.807) is 30.3 Å². The average molecular weight is 522 g/mol. The number of aliphatic hydroxyl groups is 1. The van der Waals surface area contributed by atoms with Crippen molar-refractivity contribution in [3.8, 4) is 5.75 Å². The van der Waals surface area contributed by atoms with Crippen molar-refractivity contribution in [2.75, 3.05) is 6.61 Å². The number of rotatable bonds is 8. The third kappa shape index (κ3) is 5.31. The third-order valence-corrected chi connectivity index (χ3v) is 7.51. The molecule has 11 heteroatoms. The molecule has 184 valence electrons. The maximum atomic E-state index is 13.2. The molecule has 35 heavy (non-hydrogen) atoms. The van der Waals surface area contributed by atoms with Gasteiger partial charge in [0.2, 0.25) is 10.0 Å². The fourth-order valence-corrected chi connectivity index (χ4v) is 5.28. The Morgan fingerprint density at radius 1 is 1.11 bits per heavy atom. The maximum Gasteiger partial charge on any atom is 0.327 e. The second-order valence-electron chi connectivity index (χ2n) is 8.10. The lowest BCUT2D eigenvalue weighted by Crippen LogP contribution is -2.55. The van der Waals surface area contributed by atoms with Crippen LogP contribution in [-0.4, -0.2) is 36.7 Å². The van der Waals surface area contributed by atoms with Crippen molar-refractivity contribution >= 4 is 27.6 Å². The number of carboxylic acids is 1. The molecule has 0 aliphatic carbocycles. The van der Waals surface area contributed by atoms with Crippen LogP contribution in [0.1, 0.15) is 17.5 Å². The molecular formula is C24H21ClFNO7S. The Morgan fingerprint density at radius 3 is 2.43 bits per heavy atom. The lowest BCUT2D eigenvalue weighted by molar-refractivity contribution is -0.179. The van der Waals surface area contributed by atoms with Crippen molar-refractivity contribution in [3.05, 3.63) is 94.8 Å². The van der Waals surface area contributed by atoms with E-state index >= 15 is 0 Å². The molecule has 1 fully saturated rings. The summed E-state index contributed by atoms with van der Waals surface area (Å²) in [6.07, 6.45) is -0.530. The monoisotopic (exact) mass is 521 g/mol. The van der Waals surface area contributed by atoms with Crippen molar-refractivity contribution in [1.29, 1.82) is 0 Å². The van der Waals surface area contributed by atoms with E-state index in [0.717, 1.165) is 6.07 Å². The van der Waals surface area contributed by atoms with Gasteiger partial charge in [-0.1, -0.05) is 48.0 Å². The van der Waals surface area contributed by atoms with Gasteiger partial charge >= 0.3 is 5.97 Å². The highest BCUT2D eigenvalue weighted by molar-refractivity contribution is 7.89. The standard InChI is InChI=1S/C24H21ClFNO7S/c25-21-12-18(26)7-6-16(21)13-33-19-8-10-20(11-9-19)35(31,32)27-23(22(28)29)14-24(30,34-15-23)17-4-2-1-3-5-17/h1-12,27,30H,13-15H2,(H,28,29). The maximum absolute atomic E-state index is 13.2. The number of benzene rings is 3. The number of ether oxygens (including phenoxy) is 2. The quantitative estimate of drug-likeness (QED) is 0.415. The van der Waals surface area contributed by atoms with E-state index < -0.39 is 46.2 Å². The molecule has 1 aliphatic rings. The molecule has 0 radical (unpaired) electrons. The van der Waals surface area contributed by atoms with Crippen LogP contribution >= 0.6 is 11.6 Å². The third-order valence-electron chi connectivity index (χ3n) is 5.61. The summed E-state index contributed by atoms with van der Waals surface area (Å²) < 4.78 is 52.3. The van der Waals surface area contributed by atoms with Crippen LogP contribution in [0, 0.1) is 5.82 Å². The first-order valence-corrected chi connectivity index (χ1v) is 12.3. The Morgan fingerprint density at radius 2 is 1.80 bits per heavy atom. The van der Waals surface area contributed by atoms with Gasteiger partial charge in [0.15, 0.2) is 11.3 Å². The minimum atomic E-state index is -4.32. The summed E-state index contributed by atoms with van der Waals surface area (Å²) in [6.45, 7) is -0.548. The summed E-state index contributed by atoms with van der Waals surface area (Å²) in [7, 11) is -4.32. The Bertz CT molecular complexity index is 1340. The molecule has 0 bridgehead atoms. The summed E-state index contributed by atoms with van der Waals surface area (Å²) >= 11 is 5.98. The number of sulfonamides is 1. The minimum Gasteiger partial charge on any atom is -0.489 e. The molecule has 1 saturated heterocycles. The molecule has 0 spiro atoms. The minimum absolute atomic E-state index is 0.0288. The first-order chi connectivity index (χ1) is 16.5. The van der Waals surface area contributed by atoms with Crippen LogP contribution in [0.25, 0.3) is 0 Å². The number of hydrogen-bond acceptors (Lipinski definition) is 6. The van der Waals surface area contributed by atoms with E-state index in [1.165, 1.54) is 36.4 Å². The number of aliphatic carboxylic acids is 1. The Labute approximate surface area is 205 Å². The molecule has 2 unspecified atom stereocenters. The molecule has 8 nitrogen and oxygen atoms in total. The summed E-state index contributed by atoms with van der Waals surface area (Å²) in [4.78, 5) is 11.9. The van der Waals surface area contributed by atoms with Gasteiger partial charge in [-0.15, -0.1) is 0 Å². The molecule has 3 aromatic rings. The number of halogens is 2. The van der Waals surface area contributed by atoms with Crippen LogP contribution < -0.4 is 9.46 Å². The molecular weight excluding hydrogens is 501 g/mol. The first-order valence-electron chi connectivity index (χ1n) is 10.4. The fourth-order valence-electron chi connectivity index (χ4n) is 3.72. The molecule has 2 atom stereocenters. The van der Waals surface area contributed by atoms with Gasteiger partial charge < -0.3 is 19.7 Å². The van der Waals surface area contributed by atoms with Crippen LogP contribution in [0.4, 0.5) is 4.39 Å². The summed E-state index contributed by atoms with van der Waals surface area (Å²) in [6, 6.07) is 17.3. The number of nitrogens with one attached hydrogen (secondary N) is 1. The summed E-state index contributed by atoms with van der Waals surface area (Å²) in [5.74, 6) is -3.61. The van der Waals surface area contributed by atoms with Gasteiger partial charge in [-0.25, -0.2) is 12.8 Å². The highest BCUT2D eigenvalue weighted by Crippen LogP contribution is 2.40. The summed E-state index contributed by atoms with van der Waals surface area (Å²) in [5.41, 5.74) is -1.23. The molecule has 1 aliphatic heterocycles. The van der Waals surface area contributed by atoms with E-state index in [2.05, 4.69) is 4.72 Å². The Kier molecular flexibility index (Phi) is 6.85. The van der Waals surface area contributed by atoms with E-state index in [1.807, 2.05) is 0 Å². The Hall–Kier alpha value is -3.02. The van der Waals surface area contributed by atoms with Gasteiger partial charge in [0.25, 0.3) is 0 Å². The van der Waals surface area contributed by atoms with Crippen LogP contribution in [0.15, 0.2) is 77.7 Å². The number of carboxylic acid groups (broad SMARTS) is 1. The van der Waals surface area contributed by atoms with Crippen molar-refractivity contribution in [2.45, 2.75) is 29.2 Å². The highest BCUT2D eigenvalue weighted by Gasteiger charge is 2.56. The van der Waals surface area contributed by atoms with Crippen LogP contribution in [-0.2, 0) is 31.9 Å². The number of hydrogen-bond donors (Lipinski definition) is 3. The number of carbonyl (C=O) groups is 1. The van der Waals surface area contributed by atoms with Crippen molar-refractivity contribution in [1.82, 2.24) is 4.72 Å². The Balaban J connectivity index is 1.49. The largest absolute Gasteiger partial charge is 0.489 e. The van der Waals surface area contributed by atoms with Crippen LogP contribution in [0.2, 0.25) is 5.02 Å². The van der Waals surface area contributed by atoms with Gasteiger partial charge in [-0.3, -0.25) is 4.79 Å². The van der Waals surface area contributed by atoms with Crippen LogP contribution in [0.5, 0.6) is 5.75 Å². The van der Waals surface area contributed by atoms with Gasteiger partial charge in [0.1, 0.15) is 18.2 Å². The molecule has 4 rings (SSSR count). The van der Waals surface area contributed by atoms with E-state index in [9.17, 15) is 27.8 Å². The summed E-state index contributed by atoms with van der Waals surface area (Å²) in [5, 5.41) is 20.9. The van der Waals surface area contributed by atoms with Crippen molar-refractivity contribution in [2.24, 2.45) is 0 Å². The first kappa shape index (κ1) is 25.1. The fraction of sp³-hybridized carbons (Fsp3) is 0.208. The lowest BCUT2D eigenvalue weighted by atomic mass is 9.92. The zero-order valence-corrected chi connectivity index (χ0v) is 19.7. The predicted molar refractivity (Wildman–Crippen MR) is 124 cm³/mol. The zero-order valence-electron chi connectivity index (χ0n) is 18.1. The molecule has 0 amide bonds. The molecule has 0 aromatic heterocycles. The molecule has 3 N–H and O–H groups in total. The second-order valence-corrected chi connectivity index (χ2v) is 10.2. The predicted octanol–water partition coefficient (Wildman–Crippen LogP) is 3.43.